The second kappa shape index (κ2) is 6.89. The standard InChI is InChI=1S/C16H14Cl2N4O/c1-10-7-15(19-9-12-3-2-6-23-12)22-16(20-10)21-14-5-4-11(17)8-13(14)18/h2-8H,9H2,1H3,(H2,19,20,21,22). The highest BCUT2D eigenvalue weighted by Crippen LogP contribution is 2.27. The van der Waals surface area contributed by atoms with Crippen LogP contribution < -0.4 is 10.6 Å². The van der Waals surface area contributed by atoms with Crippen LogP contribution in [0.1, 0.15) is 11.5 Å². The summed E-state index contributed by atoms with van der Waals surface area (Å²) in [4.78, 5) is 8.79. The van der Waals surface area contributed by atoms with Gasteiger partial charge >= 0.3 is 0 Å². The highest BCUT2D eigenvalue weighted by molar-refractivity contribution is 6.36. The Hall–Kier alpha value is -2.24. The summed E-state index contributed by atoms with van der Waals surface area (Å²) < 4.78 is 5.29. The van der Waals surface area contributed by atoms with E-state index in [4.69, 9.17) is 27.6 Å². The number of halogens is 2. The van der Waals surface area contributed by atoms with E-state index in [9.17, 15) is 0 Å². The van der Waals surface area contributed by atoms with Gasteiger partial charge in [-0.05, 0) is 37.3 Å². The molecule has 118 valence electrons. The monoisotopic (exact) mass is 348 g/mol. The van der Waals surface area contributed by atoms with Gasteiger partial charge in [-0.2, -0.15) is 4.98 Å². The first-order valence-electron chi connectivity index (χ1n) is 6.94. The molecule has 0 spiro atoms. The third-order valence-corrected chi connectivity index (χ3v) is 3.60. The van der Waals surface area contributed by atoms with Crippen molar-refractivity contribution < 1.29 is 4.42 Å². The maximum absolute atomic E-state index is 6.16. The van der Waals surface area contributed by atoms with Crippen molar-refractivity contribution in [2.75, 3.05) is 10.6 Å². The predicted octanol–water partition coefficient (Wildman–Crippen LogP) is 5.04. The molecule has 2 heterocycles. The van der Waals surface area contributed by atoms with Crippen molar-refractivity contribution in [1.82, 2.24) is 9.97 Å². The van der Waals surface area contributed by atoms with Crippen molar-refractivity contribution in [3.8, 4) is 0 Å². The summed E-state index contributed by atoms with van der Waals surface area (Å²) in [7, 11) is 0. The molecule has 0 unspecified atom stereocenters. The number of furan rings is 1. The van der Waals surface area contributed by atoms with Gasteiger partial charge in [0.2, 0.25) is 5.95 Å². The molecular formula is C16H14Cl2N4O. The molecule has 0 radical (unpaired) electrons. The fourth-order valence-electron chi connectivity index (χ4n) is 2.02. The van der Waals surface area contributed by atoms with Gasteiger partial charge in [0.05, 0.1) is 23.5 Å². The van der Waals surface area contributed by atoms with Gasteiger partial charge in [0, 0.05) is 16.8 Å². The molecule has 3 aromatic rings. The van der Waals surface area contributed by atoms with Gasteiger partial charge < -0.3 is 15.1 Å². The van der Waals surface area contributed by atoms with E-state index < -0.39 is 0 Å². The average Bonchev–Trinajstić information content (AvgIpc) is 3.01. The summed E-state index contributed by atoms with van der Waals surface area (Å²) in [6.45, 7) is 2.44. The molecule has 7 heteroatoms. The summed E-state index contributed by atoms with van der Waals surface area (Å²) in [5, 5.41) is 7.38. The number of aromatic nitrogens is 2. The van der Waals surface area contributed by atoms with Crippen LogP contribution in [0.4, 0.5) is 17.5 Å². The summed E-state index contributed by atoms with van der Waals surface area (Å²) in [6, 6.07) is 10.8. The zero-order valence-electron chi connectivity index (χ0n) is 12.3. The molecule has 2 N–H and O–H groups in total. The number of hydrogen-bond acceptors (Lipinski definition) is 5. The molecule has 0 aliphatic carbocycles. The third-order valence-electron chi connectivity index (χ3n) is 3.06. The van der Waals surface area contributed by atoms with Crippen molar-refractivity contribution in [2.45, 2.75) is 13.5 Å². The van der Waals surface area contributed by atoms with Gasteiger partial charge in [-0.25, -0.2) is 4.98 Å². The van der Waals surface area contributed by atoms with Crippen LogP contribution in [0.5, 0.6) is 0 Å². The van der Waals surface area contributed by atoms with E-state index in [-0.39, 0.29) is 0 Å². The molecule has 0 saturated heterocycles. The average molecular weight is 349 g/mol. The van der Waals surface area contributed by atoms with Crippen LogP contribution in [-0.2, 0) is 6.54 Å². The number of aryl methyl sites for hydroxylation is 1. The van der Waals surface area contributed by atoms with E-state index in [0.29, 0.717) is 34.0 Å². The van der Waals surface area contributed by atoms with Crippen molar-refractivity contribution in [3.63, 3.8) is 0 Å². The minimum Gasteiger partial charge on any atom is -0.467 e. The molecule has 5 nitrogen and oxygen atoms in total. The van der Waals surface area contributed by atoms with Crippen molar-refractivity contribution in [3.05, 3.63) is 64.2 Å². The first kappa shape index (κ1) is 15.6. The Morgan fingerprint density at radius 2 is 2.00 bits per heavy atom. The van der Waals surface area contributed by atoms with Gasteiger partial charge in [0.25, 0.3) is 0 Å². The first-order chi connectivity index (χ1) is 11.1. The smallest absolute Gasteiger partial charge is 0.229 e. The van der Waals surface area contributed by atoms with Gasteiger partial charge in [-0.15, -0.1) is 0 Å². The zero-order valence-corrected chi connectivity index (χ0v) is 13.8. The Bertz CT molecular complexity index is 806. The Balaban J connectivity index is 1.77. The van der Waals surface area contributed by atoms with E-state index in [1.54, 1.807) is 24.5 Å². The molecule has 0 aliphatic rings. The lowest BCUT2D eigenvalue weighted by Crippen LogP contribution is -2.05. The molecule has 0 amide bonds. The normalized spacial score (nSPS) is 10.6. The molecule has 2 aromatic heterocycles. The molecule has 23 heavy (non-hydrogen) atoms. The summed E-state index contributed by atoms with van der Waals surface area (Å²) >= 11 is 12.1. The quantitative estimate of drug-likeness (QED) is 0.676. The van der Waals surface area contributed by atoms with Crippen LogP contribution in [-0.4, -0.2) is 9.97 Å². The van der Waals surface area contributed by atoms with Gasteiger partial charge in [0.1, 0.15) is 11.6 Å². The highest BCUT2D eigenvalue weighted by atomic mass is 35.5. The molecule has 0 bridgehead atoms. The molecule has 3 rings (SSSR count). The number of nitrogens with one attached hydrogen (secondary N) is 2. The van der Waals surface area contributed by atoms with Crippen LogP contribution >= 0.6 is 23.2 Å². The SMILES string of the molecule is Cc1cc(NCc2ccco2)nc(Nc2ccc(Cl)cc2Cl)n1. The molecule has 0 fully saturated rings. The van der Waals surface area contributed by atoms with E-state index in [1.165, 1.54) is 0 Å². The van der Waals surface area contributed by atoms with E-state index in [2.05, 4.69) is 20.6 Å². The summed E-state index contributed by atoms with van der Waals surface area (Å²) in [5.74, 6) is 1.98. The van der Waals surface area contributed by atoms with Crippen LogP contribution in [0.3, 0.4) is 0 Å². The molecule has 0 saturated carbocycles. The van der Waals surface area contributed by atoms with E-state index in [1.807, 2.05) is 25.1 Å². The topological polar surface area (TPSA) is 63.0 Å². The molecule has 0 atom stereocenters. The minimum atomic E-state index is 0.455. The maximum atomic E-state index is 6.16. The molecular weight excluding hydrogens is 335 g/mol. The van der Waals surface area contributed by atoms with Gasteiger partial charge in [-0.3, -0.25) is 0 Å². The molecule has 0 aliphatic heterocycles. The lowest BCUT2D eigenvalue weighted by molar-refractivity contribution is 0.518. The Morgan fingerprint density at radius 1 is 1.13 bits per heavy atom. The van der Waals surface area contributed by atoms with Crippen LogP contribution in [0, 0.1) is 6.92 Å². The number of hydrogen-bond donors (Lipinski definition) is 2. The van der Waals surface area contributed by atoms with Gasteiger partial charge in [-0.1, -0.05) is 23.2 Å². The fourth-order valence-corrected chi connectivity index (χ4v) is 2.47. The lowest BCUT2D eigenvalue weighted by Gasteiger charge is -2.10. The Morgan fingerprint density at radius 3 is 2.74 bits per heavy atom. The number of nitrogens with zero attached hydrogens (tertiary/aromatic N) is 2. The number of benzene rings is 1. The van der Waals surface area contributed by atoms with E-state index in [0.717, 1.165) is 11.5 Å². The first-order valence-corrected chi connectivity index (χ1v) is 7.70. The fraction of sp³-hybridized carbons (Fsp3) is 0.125. The van der Waals surface area contributed by atoms with Crippen molar-refractivity contribution in [2.24, 2.45) is 0 Å². The lowest BCUT2D eigenvalue weighted by atomic mass is 10.3. The second-order valence-corrected chi connectivity index (χ2v) is 5.74. The Labute approximate surface area is 143 Å². The maximum Gasteiger partial charge on any atom is 0.229 e. The third kappa shape index (κ3) is 4.15. The van der Waals surface area contributed by atoms with Crippen LogP contribution in [0.2, 0.25) is 10.0 Å². The van der Waals surface area contributed by atoms with Crippen molar-refractivity contribution >= 4 is 40.7 Å². The number of anilines is 3. The summed E-state index contributed by atoms with van der Waals surface area (Å²) in [5.41, 5.74) is 1.52. The van der Waals surface area contributed by atoms with Crippen molar-refractivity contribution in [1.29, 1.82) is 0 Å². The Kier molecular flexibility index (Phi) is 4.69. The molecule has 1 aromatic carbocycles. The summed E-state index contributed by atoms with van der Waals surface area (Å²) in [6.07, 6.45) is 1.64. The predicted molar refractivity (Wildman–Crippen MR) is 92.5 cm³/mol. The minimum absolute atomic E-state index is 0.455. The second-order valence-electron chi connectivity index (χ2n) is 4.90. The largest absolute Gasteiger partial charge is 0.467 e. The van der Waals surface area contributed by atoms with Gasteiger partial charge in [0.15, 0.2) is 0 Å². The van der Waals surface area contributed by atoms with Crippen LogP contribution in [0.25, 0.3) is 0 Å². The van der Waals surface area contributed by atoms with E-state index >= 15 is 0 Å². The highest BCUT2D eigenvalue weighted by Gasteiger charge is 2.06. The zero-order chi connectivity index (χ0) is 16.2. The van der Waals surface area contributed by atoms with Crippen LogP contribution in [0.15, 0.2) is 47.1 Å². The number of rotatable bonds is 5.